The summed E-state index contributed by atoms with van der Waals surface area (Å²) in [7, 11) is -3.62. The smallest absolute Gasteiger partial charge is 0.286 e. The maximum Gasteiger partial charge on any atom is 0.286 e. The number of fused-ring (bicyclic) bond motifs is 1. The molecule has 80 valence electrons. The van der Waals surface area contributed by atoms with Crippen molar-refractivity contribution in [3.8, 4) is 0 Å². The van der Waals surface area contributed by atoms with Gasteiger partial charge in [0.1, 0.15) is 4.90 Å². The van der Waals surface area contributed by atoms with Gasteiger partial charge >= 0.3 is 0 Å². The van der Waals surface area contributed by atoms with E-state index in [0.29, 0.717) is 17.9 Å². The normalized spacial score (nSPS) is 17.0. The highest BCUT2D eigenvalue weighted by atomic mass is 32.2. The van der Waals surface area contributed by atoms with Gasteiger partial charge in [-0.1, -0.05) is 0 Å². The first kappa shape index (κ1) is 9.97. The molecule has 15 heavy (non-hydrogen) atoms. The van der Waals surface area contributed by atoms with Crippen LogP contribution in [0.3, 0.4) is 0 Å². The summed E-state index contributed by atoms with van der Waals surface area (Å²) in [6, 6.07) is 4.61. The van der Waals surface area contributed by atoms with Gasteiger partial charge in [-0.3, -0.25) is 0 Å². The summed E-state index contributed by atoms with van der Waals surface area (Å²) in [5.41, 5.74) is 6.39. The molecule has 0 radical (unpaired) electrons. The number of ether oxygens (including phenoxy) is 1. The molecule has 0 spiro atoms. The summed E-state index contributed by atoms with van der Waals surface area (Å²) in [4.78, 5) is 0.117. The Labute approximate surface area is 87.6 Å². The summed E-state index contributed by atoms with van der Waals surface area (Å²) in [5, 5.41) is 0. The van der Waals surface area contributed by atoms with Crippen LogP contribution in [0.2, 0.25) is 0 Å². The highest BCUT2D eigenvalue weighted by molar-refractivity contribution is 7.90. The fourth-order valence-corrected chi connectivity index (χ4v) is 2.56. The van der Waals surface area contributed by atoms with Crippen LogP contribution in [-0.2, 0) is 14.8 Å². The summed E-state index contributed by atoms with van der Waals surface area (Å²) >= 11 is 0. The first-order valence-electron chi connectivity index (χ1n) is 4.42. The lowest BCUT2D eigenvalue weighted by atomic mass is 10.2. The maximum atomic E-state index is 11.6. The minimum Gasteiger partial charge on any atom is -0.477 e. The van der Waals surface area contributed by atoms with Crippen LogP contribution in [0.5, 0.6) is 0 Å². The molecule has 0 saturated heterocycles. The molecule has 2 N–H and O–H groups in total. The van der Waals surface area contributed by atoms with Gasteiger partial charge in [0.2, 0.25) is 5.90 Å². The van der Waals surface area contributed by atoms with E-state index < -0.39 is 10.0 Å². The van der Waals surface area contributed by atoms with Crippen LogP contribution in [-0.4, -0.2) is 20.9 Å². The lowest BCUT2D eigenvalue weighted by molar-refractivity contribution is 0.330. The predicted molar refractivity (Wildman–Crippen MR) is 56.2 cm³/mol. The Bertz CT molecular complexity index is 534. The second kappa shape index (κ2) is 3.23. The molecule has 0 unspecified atom stereocenters. The molecule has 0 bridgehead atoms. The van der Waals surface area contributed by atoms with E-state index in [0.717, 1.165) is 0 Å². The van der Waals surface area contributed by atoms with Gasteiger partial charge < -0.3 is 10.5 Å². The number of rotatable bonds is 1. The first-order valence-corrected chi connectivity index (χ1v) is 5.86. The Morgan fingerprint density at radius 2 is 2.20 bits per heavy atom. The lowest BCUT2D eigenvalue weighted by Gasteiger charge is -2.02. The molecule has 0 atom stereocenters. The number of hydrogen-bond acceptors (Lipinski definition) is 4. The van der Waals surface area contributed by atoms with Crippen molar-refractivity contribution in [1.29, 1.82) is 0 Å². The minimum atomic E-state index is -3.62. The Morgan fingerprint density at radius 3 is 2.87 bits per heavy atom. The zero-order valence-corrected chi connectivity index (χ0v) is 8.91. The van der Waals surface area contributed by atoms with E-state index in [-0.39, 0.29) is 10.8 Å². The van der Waals surface area contributed by atoms with Gasteiger partial charge in [-0.15, -0.1) is 4.40 Å². The quantitative estimate of drug-likeness (QED) is 0.716. The predicted octanol–water partition coefficient (Wildman–Crippen LogP) is 0.754. The highest BCUT2D eigenvalue weighted by Crippen LogP contribution is 2.28. The number of sulfonamides is 1. The molecule has 0 saturated carbocycles. The van der Waals surface area contributed by atoms with E-state index in [1.54, 1.807) is 19.1 Å². The molecule has 1 aromatic rings. The van der Waals surface area contributed by atoms with Crippen molar-refractivity contribution in [2.24, 2.45) is 4.40 Å². The van der Waals surface area contributed by atoms with Crippen LogP contribution in [0.1, 0.15) is 12.5 Å². The van der Waals surface area contributed by atoms with Gasteiger partial charge in [-0.25, -0.2) is 0 Å². The second-order valence-electron chi connectivity index (χ2n) is 3.06. The van der Waals surface area contributed by atoms with E-state index in [9.17, 15) is 8.42 Å². The van der Waals surface area contributed by atoms with Gasteiger partial charge in [0, 0.05) is 5.69 Å². The van der Waals surface area contributed by atoms with Gasteiger partial charge in [0.25, 0.3) is 10.0 Å². The van der Waals surface area contributed by atoms with Crippen LogP contribution in [0, 0.1) is 0 Å². The fourth-order valence-electron chi connectivity index (χ4n) is 1.38. The summed E-state index contributed by atoms with van der Waals surface area (Å²) < 4.78 is 31.8. The van der Waals surface area contributed by atoms with Gasteiger partial charge in [0.05, 0.1) is 12.2 Å². The number of nitrogens with two attached hydrogens (primary N) is 1. The van der Waals surface area contributed by atoms with Gasteiger partial charge in [-0.2, -0.15) is 8.42 Å². The van der Waals surface area contributed by atoms with Crippen LogP contribution in [0.25, 0.3) is 0 Å². The molecule has 1 aliphatic heterocycles. The zero-order chi connectivity index (χ0) is 11.1. The number of nitrogen functional groups attached to an aromatic ring is 1. The molecular formula is C9H10N2O3S. The molecule has 1 heterocycles. The van der Waals surface area contributed by atoms with Crippen molar-refractivity contribution >= 4 is 21.6 Å². The molecule has 0 amide bonds. The Hall–Kier alpha value is -1.56. The third-order valence-electron chi connectivity index (χ3n) is 2.00. The summed E-state index contributed by atoms with van der Waals surface area (Å²) in [6.45, 7) is 2.14. The molecule has 1 aliphatic rings. The largest absolute Gasteiger partial charge is 0.477 e. The molecule has 2 rings (SSSR count). The fraction of sp³-hybridized carbons (Fsp3) is 0.222. The van der Waals surface area contributed by atoms with Crippen molar-refractivity contribution in [3.05, 3.63) is 23.8 Å². The van der Waals surface area contributed by atoms with E-state index >= 15 is 0 Å². The average Bonchev–Trinajstić information content (AvgIpc) is 2.39. The standard InChI is InChI=1S/C9H10N2O3S/c1-2-14-9-7-4-3-6(10)5-8(7)15(12,13)11-9/h3-5H,2,10H2,1H3. The van der Waals surface area contributed by atoms with Crippen molar-refractivity contribution in [3.63, 3.8) is 0 Å². The lowest BCUT2D eigenvalue weighted by Crippen LogP contribution is -2.03. The molecule has 0 aliphatic carbocycles. The van der Waals surface area contributed by atoms with Gasteiger partial charge in [0.15, 0.2) is 0 Å². The topological polar surface area (TPSA) is 81.8 Å². The molecule has 0 aromatic heterocycles. The Kier molecular flexibility index (Phi) is 2.15. The third-order valence-corrected chi connectivity index (χ3v) is 3.30. The third kappa shape index (κ3) is 1.56. The molecule has 1 aromatic carbocycles. The van der Waals surface area contributed by atoms with Crippen LogP contribution < -0.4 is 5.73 Å². The van der Waals surface area contributed by atoms with Crippen LogP contribution >= 0.6 is 0 Å². The van der Waals surface area contributed by atoms with Gasteiger partial charge in [-0.05, 0) is 25.1 Å². The number of anilines is 1. The average molecular weight is 226 g/mol. The van der Waals surface area contributed by atoms with Crippen molar-refractivity contribution in [2.45, 2.75) is 11.8 Å². The van der Waals surface area contributed by atoms with E-state index in [1.807, 2.05) is 0 Å². The van der Waals surface area contributed by atoms with Crippen LogP contribution in [0.15, 0.2) is 27.5 Å². The Morgan fingerprint density at radius 1 is 1.47 bits per heavy atom. The monoisotopic (exact) mass is 226 g/mol. The van der Waals surface area contributed by atoms with Crippen molar-refractivity contribution in [2.75, 3.05) is 12.3 Å². The first-order chi connectivity index (χ1) is 7.04. The van der Waals surface area contributed by atoms with Crippen molar-refractivity contribution in [1.82, 2.24) is 0 Å². The second-order valence-corrected chi connectivity index (χ2v) is 4.63. The SMILES string of the molecule is CCOC1=NS(=O)(=O)c2cc(N)ccc21. The minimum absolute atomic E-state index is 0.117. The van der Waals surface area contributed by atoms with E-state index in [2.05, 4.69) is 4.40 Å². The number of benzene rings is 1. The summed E-state index contributed by atoms with van der Waals surface area (Å²) in [6.07, 6.45) is 0. The van der Waals surface area contributed by atoms with E-state index in [4.69, 9.17) is 10.5 Å². The van der Waals surface area contributed by atoms with Crippen molar-refractivity contribution < 1.29 is 13.2 Å². The molecule has 5 nitrogen and oxygen atoms in total. The molecule has 6 heteroatoms. The summed E-state index contributed by atoms with van der Waals surface area (Å²) in [5.74, 6) is 0.146. The zero-order valence-electron chi connectivity index (χ0n) is 8.10. The Balaban J connectivity index is 2.62. The molecular weight excluding hydrogens is 216 g/mol. The van der Waals surface area contributed by atoms with E-state index in [1.165, 1.54) is 6.07 Å². The number of hydrogen-bond donors (Lipinski definition) is 1. The molecule has 0 fully saturated rings. The maximum absolute atomic E-state index is 11.6. The van der Waals surface area contributed by atoms with Crippen LogP contribution in [0.4, 0.5) is 5.69 Å². The highest BCUT2D eigenvalue weighted by Gasteiger charge is 2.29. The number of nitrogens with zero attached hydrogens (tertiary/aromatic N) is 1.